The third kappa shape index (κ3) is 7.99. The Morgan fingerprint density at radius 2 is 1.69 bits per heavy atom. The number of aromatic amines is 1. The van der Waals surface area contributed by atoms with Crippen LogP contribution in [0.15, 0.2) is 61.1 Å². The van der Waals surface area contributed by atoms with Crippen LogP contribution < -0.4 is 30.2 Å². The van der Waals surface area contributed by atoms with Gasteiger partial charge in [-0.2, -0.15) is 5.10 Å². The summed E-state index contributed by atoms with van der Waals surface area (Å²) in [7, 11) is 4.79. The van der Waals surface area contributed by atoms with Gasteiger partial charge in [-0.1, -0.05) is 13.8 Å². The molecule has 3 amide bonds. The van der Waals surface area contributed by atoms with Crippen LogP contribution in [0.5, 0.6) is 17.2 Å². The molecular weight excluding hydrogens is 650 g/mol. The molecule has 6 rings (SSSR count). The third-order valence-corrected chi connectivity index (χ3v) is 9.34. The molecule has 2 aliphatic rings. The minimum atomic E-state index is -1.09. The minimum Gasteiger partial charge on any atom is -0.497 e. The van der Waals surface area contributed by atoms with Crippen LogP contribution in [0.25, 0.3) is 22.4 Å². The Bertz CT molecular complexity index is 1890. The fraction of sp³-hybridized carbons (Fsp3) is 0.395. The molecule has 51 heavy (non-hydrogen) atoms. The lowest BCUT2D eigenvalue weighted by molar-refractivity contribution is -0.130. The van der Waals surface area contributed by atoms with E-state index >= 15 is 0 Å². The number of carbonyl (C=O) groups is 3. The number of amides is 3. The Balaban J connectivity index is 1.39. The number of nitrogens with one attached hydrogen (secondary N) is 4. The number of benzene rings is 2. The highest BCUT2D eigenvalue weighted by Gasteiger charge is 2.52. The second-order valence-corrected chi connectivity index (χ2v) is 13.5. The summed E-state index contributed by atoms with van der Waals surface area (Å²) in [6.45, 7) is 5.80. The smallest absolute Gasteiger partial charge is 0.253 e. The fourth-order valence-corrected chi connectivity index (χ4v) is 6.47. The molecule has 0 unspecified atom stereocenters. The number of hydrogen-bond donors (Lipinski definition) is 4. The molecule has 1 fully saturated rings. The van der Waals surface area contributed by atoms with E-state index < -0.39 is 17.5 Å². The lowest BCUT2D eigenvalue weighted by atomic mass is 10.00. The van der Waals surface area contributed by atoms with Gasteiger partial charge in [0.25, 0.3) is 5.91 Å². The molecule has 4 N–H and O–H groups in total. The van der Waals surface area contributed by atoms with E-state index in [9.17, 15) is 14.4 Å². The van der Waals surface area contributed by atoms with E-state index in [-0.39, 0.29) is 17.7 Å². The summed E-state index contributed by atoms with van der Waals surface area (Å²) in [6, 6.07) is 12.7. The van der Waals surface area contributed by atoms with Crippen molar-refractivity contribution in [2.45, 2.75) is 57.8 Å². The highest BCUT2D eigenvalue weighted by Crippen LogP contribution is 2.40. The van der Waals surface area contributed by atoms with Gasteiger partial charge < -0.3 is 30.2 Å². The third-order valence-electron chi connectivity index (χ3n) is 9.34. The van der Waals surface area contributed by atoms with Gasteiger partial charge in [0.1, 0.15) is 17.3 Å². The van der Waals surface area contributed by atoms with Crippen LogP contribution in [0.1, 0.15) is 54.6 Å². The molecule has 2 aromatic carbocycles. The van der Waals surface area contributed by atoms with Crippen LogP contribution in [0.2, 0.25) is 0 Å². The van der Waals surface area contributed by atoms with Gasteiger partial charge in [0.2, 0.25) is 11.8 Å². The zero-order valence-corrected chi connectivity index (χ0v) is 29.7. The van der Waals surface area contributed by atoms with Gasteiger partial charge in [0.15, 0.2) is 11.5 Å². The van der Waals surface area contributed by atoms with Crippen molar-refractivity contribution >= 4 is 17.7 Å². The van der Waals surface area contributed by atoms with E-state index in [4.69, 9.17) is 14.2 Å². The Kier molecular flexibility index (Phi) is 10.6. The van der Waals surface area contributed by atoms with E-state index in [2.05, 4.69) is 36.0 Å². The Morgan fingerprint density at radius 1 is 0.922 bits per heavy atom. The summed E-state index contributed by atoms with van der Waals surface area (Å²) in [5.41, 5.74) is 4.29. The topological polar surface area (TPSA) is 160 Å². The maximum atomic E-state index is 13.6. The summed E-state index contributed by atoms with van der Waals surface area (Å²) >= 11 is 0. The molecule has 4 bridgehead atoms. The number of rotatable bonds is 8. The Hall–Kier alpha value is -5.43. The molecule has 1 spiro atoms. The van der Waals surface area contributed by atoms with E-state index in [0.29, 0.717) is 73.6 Å². The number of aromatic nitrogens is 3. The number of hydrogen-bond acceptors (Lipinski definition) is 9. The molecular formula is C38H45N7O6. The van der Waals surface area contributed by atoms with E-state index in [1.54, 1.807) is 33.6 Å². The van der Waals surface area contributed by atoms with Gasteiger partial charge in [-0.15, -0.1) is 0 Å². The number of ether oxygens (including phenoxy) is 3. The van der Waals surface area contributed by atoms with Crippen molar-refractivity contribution in [2.75, 3.05) is 34.4 Å². The van der Waals surface area contributed by atoms with Gasteiger partial charge in [0, 0.05) is 60.8 Å². The van der Waals surface area contributed by atoms with Crippen LogP contribution in [0.3, 0.4) is 0 Å². The lowest BCUT2D eigenvalue weighted by Gasteiger charge is -2.26. The normalized spacial score (nSPS) is 17.9. The van der Waals surface area contributed by atoms with Gasteiger partial charge in [-0.05, 0) is 73.2 Å². The van der Waals surface area contributed by atoms with Crippen molar-refractivity contribution in [2.24, 2.45) is 5.92 Å². The molecule has 3 heterocycles. The second-order valence-electron chi connectivity index (χ2n) is 13.5. The summed E-state index contributed by atoms with van der Waals surface area (Å²) in [4.78, 5) is 47.4. The van der Waals surface area contributed by atoms with Gasteiger partial charge >= 0.3 is 0 Å². The van der Waals surface area contributed by atoms with Crippen LogP contribution in [0, 0.1) is 5.92 Å². The van der Waals surface area contributed by atoms with E-state index in [1.807, 2.05) is 56.4 Å². The van der Waals surface area contributed by atoms with Crippen LogP contribution in [0.4, 0.5) is 0 Å². The van der Waals surface area contributed by atoms with Crippen LogP contribution >= 0.6 is 0 Å². The highest BCUT2D eigenvalue weighted by atomic mass is 16.5. The van der Waals surface area contributed by atoms with Crippen molar-refractivity contribution < 1.29 is 28.6 Å². The molecule has 13 heteroatoms. The maximum Gasteiger partial charge on any atom is 0.253 e. The lowest BCUT2D eigenvalue weighted by Crippen LogP contribution is -2.55. The Labute approximate surface area is 297 Å². The minimum absolute atomic E-state index is 0.144. The van der Waals surface area contributed by atoms with Crippen molar-refractivity contribution in [1.82, 2.24) is 36.0 Å². The molecule has 268 valence electrons. The summed E-state index contributed by atoms with van der Waals surface area (Å²) in [6.07, 6.45) is 6.36. The fourth-order valence-electron chi connectivity index (χ4n) is 6.47. The molecule has 0 radical (unpaired) electrons. The monoisotopic (exact) mass is 695 g/mol. The van der Waals surface area contributed by atoms with Gasteiger partial charge in [-0.3, -0.25) is 29.4 Å². The van der Waals surface area contributed by atoms with Crippen LogP contribution in [-0.4, -0.2) is 83.8 Å². The molecule has 1 aliphatic carbocycles. The first-order chi connectivity index (χ1) is 24.6. The van der Waals surface area contributed by atoms with Crippen LogP contribution in [-0.2, 0) is 22.7 Å². The standard InChI is InChI=1S/C38H45N7O6/c1-23(2)14-31-36(47)40-12-13-45(22-28-20-41-44-33(28)25-6-8-29(49-3)9-7-25)21-24-15-30(34(51-5)32(16-24)50-4)26-17-27(19-39-18-26)35(46)43-38(10-11-38)37(48)42-31/h6-9,15-20,23,31H,10-14,21-22H2,1-5H3,(H,40,47)(H,41,44)(H,42,48)(H,43,46)/t31-/m1/s1. The first kappa shape index (κ1) is 35.4. The number of H-pyrrole nitrogens is 1. The Morgan fingerprint density at radius 3 is 2.37 bits per heavy atom. The number of fused-ring (bicyclic) bond motifs is 5. The van der Waals surface area contributed by atoms with Gasteiger partial charge in [-0.25, -0.2) is 0 Å². The summed E-state index contributed by atoms with van der Waals surface area (Å²) in [5.74, 6) is 0.860. The summed E-state index contributed by atoms with van der Waals surface area (Å²) < 4.78 is 17.0. The average molecular weight is 696 g/mol. The van der Waals surface area contributed by atoms with Crippen molar-refractivity contribution in [3.63, 3.8) is 0 Å². The highest BCUT2D eigenvalue weighted by molar-refractivity contribution is 6.02. The SMILES string of the molecule is COc1ccc(-c2[nH]ncc2CN2CCNC(=O)[C@@H](CC(C)C)NC(=O)C3(CC3)NC(=O)c3cncc(c3)-c3cc(cc(OC)c3OC)C2)cc1. The number of nitrogens with zero attached hydrogens (tertiary/aromatic N) is 3. The van der Waals surface area contributed by atoms with Crippen molar-refractivity contribution in [3.05, 3.63) is 77.7 Å². The first-order valence-electron chi connectivity index (χ1n) is 17.1. The molecule has 2 aromatic heterocycles. The molecule has 13 nitrogen and oxygen atoms in total. The quantitative estimate of drug-likeness (QED) is 0.213. The zero-order valence-electron chi connectivity index (χ0n) is 29.7. The molecule has 1 atom stereocenters. The number of methoxy groups -OCH3 is 3. The van der Waals surface area contributed by atoms with Gasteiger partial charge in [0.05, 0.1) is 38.8 Å². The second kappa shape index (κ2) is 15.2. The summed E-state index contributed by atoms with van der Waals surface area (Å²) in [5, 5.41) is 16.5. The first-order valence-corrected chi connectivity index (χ1v) is 17.1. The molecule has 1 aliphatic heterocycles. The number of carbonyl (C=O) groups excluding carboxylic acids is 3. The maximum absolute atomic E-state index is 13.6. The number of pyridine rings is 1. The zero-order chi connectivity index (χ0) is 36.1. The molecule has 1 saturated carbocycles. The average Bonchev–Trinajstić information content (AvgIpc) is 3.78. The largest absolute Gasteiger partial charge is 0.497 e. The molecule has 0 saturated heterocycles. The van der Waals surface area contributed by atoms with Crippen molar-refractivity contribution in [3.8, 4) is 39.6 Å². The van der Waals surface area contributed by atoms with E-state index in [0.717, 1.165) is 28.1 Å². The van der Waals surface area contributed by atoms with E-state index in [1.165, 1.54) is 6.20 Å². The molecule has 4 aromatic rings. The predicted octanol–water partition coefficient (Wildman–Crippen LogP) is 4.09. The van der Waals surface area contributed by atoms with Crippen molar-refractivity contribution in [1.29, 1.82) is 0 Å². The predicted molar refractivity (Wildman–Crippen MR) is 191 cm³/mol.